The van der Waals surface area contributed by atoms with E-state index in [4.69, 9.17) is 9.47 Å². The fourth-order valence-electron chi connectivity index (χ4n) is 2.17. The minimum atomic E-state index is -4.40. The number of hydrogen-bond donors (Lipinski definition) is 1. The van der Waals surface area contributed by atoms with E-state index in [2.05, 4.69) is 10.1 Å². The smallest absolute Gasteiger partial charge is 0.422 e. The van der Waals surface area contributed by atoms with Crippen LogP contribution >= 0.6 is 0 Å². The summed E-state index contributed by atoms with van der Waals surface area (Å²) >= 11 is 0. The van der Waals surface area contributed by atoms with Gasteiger partial charge in [0.2, 0.25) is 6.10 Å². The van der Waals surface area contributed by atoms with E-state index in [0.29, 0.717) is 17.2 Å². The maximum Gasteiger partial charge on any atom is 0.422 e. The van der Waals surface area contributed by atoms with Gasteiger partial charge in [-0.05, 0) is 36.4 Å². The van der Waals surface area contributed by atoms with E-state index >= 15 is 0 Å². The normalized spacial score (nSPS) is 16.2. The molecule has 1 aliphatic rings. The highest BCUT2D eigenvalue weighted by molar-refractivity contribution is 5.94. The molecule has 25 heavy (non-hydrogen) atoms. The van der Waals surface area contributed by atoms with Gasteiger partial charge in [0.25, 0.3) is 5.91 Å². The second kappa shape index (κ2) is 6.92. The summed E-state index contributed by atoms with van der Waals surface area (Å²) in [7, 11) is 0. The molecule has 0 radical (unpaired) electrons. The van der Waals surface area contributed by atoms with Crippen LogP contribution in [0.15, 0.2) is 48.5 Å². The Morgan fingerprint density at radius 3 is 2.48 bits per heavy atom. The van der Waals surface area contributed by atoms with Crippen molar-refractivity contribution in [3.63, 3.8) is 0 Å². The van der Waals surface area contributed by atoms with Crippen molar-refractivity contribution < 1.29 is 32.2 Å². The van der Waals surface area contributed by atoms with Crippen LogP contribution in [0.4, 0.5) is 18.9 Å². The molecule has 0 saturated carbocycles. The zero-order valence-electron chi connectivity index (χ0n) is 12.9. The first-order valence-corrected chi connectivity index (χ1v) is 7.40. The van der Waals surface area contributed by atoms with E-state index in [1.807, 2.05) is 0 Å². The molecule has 0 fully saturated rings. The van der Waals surface area contributed by atoms with Gasteiger partial charge >= 0.3 is 6.18 Å². The van der Waals surface area contributed by atoms with Gasteiger partial charge in [0.1, 0.15) is 12.4 Å². The number of rotatable bonds is 4. The van der Waals surface area contributed by atoms with Crippen LogP contribution in [-0.2, 0) is 4.79 Å². The highest BCUT2D eigenvalue weighted by atomic mass is 19.4. The van der Waals surface area contributed by atoms with Crippen LogP contribution in [0, 0.1) is 0 Å². The molecule has 132 valence electrons. The zero-order valence-corrected chi connectivity index (χ0v) is 12.9. The molecule has 1 atom stereocenters. The van der Waals surface area contributed by atoms with Gasteiger partial charge in [0, 0.05) is 5.69 Å². The number of anilines is 1. The van der Waals surface area contributed by atoms with E-state index in [1.165, 1.54) is 24.3 Å². The first-order valence-electron chi connectivity index (χ1n) is 7.40. The third kappa shape index (κ3) is 4.56. The largest absolute Gasteiger partial charge is 0.485 e. The number of alkyl halides is 3. The highest BCUT2D eigenvalue weighted by Crippen LogP contribution is 2.31. The maximum atomic E-state index is 12.2. The Labute approximate surface area is 141 Å². The number of nitrogens with one attached hydrogen (secondary N) is 1. The van der Waals surface area contributed by atoms with Crippen LogP contribution in [0.5, 0.6) is 17.2 Å². The molecule has 0 spiro atoms. The van der Waals surface area contributed by atoms with Crippen molar-refractivity contribution in [2.45, 2.75) is 12.3 Å². The highest BCUT2D eigenvalue weighted by Gasteiger charge is 2.29. The summed E-state index contributed by atoms with van der Waals surface area (Å²) in [6, 6.07) is 12.6. The van der Waals surface area contributed by atoms with Gasteiger partial charge in [-0.3, -0.25) is 4.79 Å². The monoisotopic (exact) mass is 353 g/mol. The van der Waals surface area contributed by atoms with Crippen molar-refractivity contribution in [3.8, 4) is 17.2 Å². The lowest BCUT2D eigenvalue weighted by Gasteiger charge is -2.25. The third-order valence-corrected chi connectivity index (χ3v) is 3.33. The SMILES string of the molecule is O=C(Nc1ccc(OCC(F)(F)F)cc1)C1COc2ccccc2O1. The quantitative estimate of drug-likeness (QED) is 0.915. The van der Waals surface area contributed by atoms with Crippen molar-refractivity contribution in [2.75, 3.05) is 18.5 Å². The lowest BCUT2D eigenvalue weighted by atomic mass is 10.2. The number of amides is 1. The molecule has 1 aliphatic heterocycles. The fraction of sp³-hybridized carbons (Fsp3) is 0.235. The summed E-state index contributed by atoms with van der Waals surface area (Å²) in [4.78, 5) is 12.2. The molecule has 1 N–H and O–H groups in total. The minimum Gasteiger partial charge on any atom is -0.485 e. The summed E-state index contributed by atoms with van der Waals surface area (Å²) in [5, 5.41) is 2.62. The molecule has 1 heterocycles. The Bertz CT molecular complexity index is 746. The van der Waals surface area contributed by atoms with Crippen molar-refractivity contribution in [1.82, 2.24) is 0 Å². The van der Waals surface area contributed by atoms with E-state index in [-0.39, 0.29) is 12.4 Å². The minimum absolute atomic E-state index is 0.0569. The van der Waals surface area contributed by atoms with E-state index in [1.54, 1.807) is 24.3 Å². The number of carbonyl (C=O) groups is 1. The molecule has 5 nitrogen and oxygen atoms in total. The summed E-state index contributed by atoms with van der Waals surface area (Å²) in [6.45, 7) is -1.30. The molecule has 3 rings (SSSR count). The molecule has 0 aromatic heterocycles. The van der Waals surface area contributed by atoms with E-state index in [0.717, 1.165) is 0 Å². The molecule has 0 aliphatic carbocycles. The van der Waals surface area contributed by atoms with Crippen LogP contribution in [0.25, 0.3) is 0 Å². The van der Waals surface area contributed by atoms with Crippen molar-refractivity contribution in [1.29, 1.82) is 0 Å². The topological polar surface area (TPSA) is 56.8 Å². The summed E-state index contributed by atoms with van der Waals surface area (Å²) < 4.78 is 51.9. The Hall–Kier alpha value is -2.90. The summed E-state index contributed by atoms with van der Waals surface area (Å²) in [5.74, 6) is 0.683. The zero-order chi connectivity index (χ0) is 17.9. The average Bonchev–Trinajstić information content (AvgIpc) is 2.60. The molecule has 2 aromatic rings. The van der Waals surface area contributed by atoms with Gasteiger partial charge < -0.3 is 19.5 Å². The number of fused-ring (bicyclic) bond motifs is 1. The Morgan fingerprint density at radius 1 is 1.12 bits per heavy atom. The van der Waals surface area contributed by atoms with Gasteiger partial charge in [-0.15, -0.1) is 0 Å². The predicted molar refractivity (Wildman–Crippen MR) is 83.0 cm³/mol. The van der Waals surface area contributed by atoms with Gasteiger partial charge in [0.15, 0.2) is 18.1 Å². The van der Waals surface area contributed by atoms with Crippen LogP contribution in [0.1, 0.15) is 0 Å². The lowest BCUT2D eigenvalue weighted by molar-refractivity contribution is -0.153. The lowest BCUT2D eigenvalue weighted by Crippen LogP contribution is -2.40. The Kier molecular flexibility index (Phi) is 4.69. The van der Waals surface area contributed by atoms with Gasteiger partial charge in [-0.1, -0.05) is 12.1 Å². The summed E-state index contributed by atoms with van der Waals surface area (Å²) in [6.07, 6.45) is -5.22. The molecule has 0 saturated heterocycles. The number of ether oxygens (including phenoxy) is 3. The van der Waals surface area contributed by atoms with Gasteiger partial charge in [-0.25, -0.2) is 0 Å². The molecule has 2 aromatic carbocycles. The Morgan fingerprint density at radius 2 is 1.80 bits per heavy atom. The van der Waals surface area contributed by atoms with Gasteiger partial charge in [0.05, 0.1) is 0 Å². The molecule has 8 heteroatoms. The number of hydrogen-bond acceptors (Lipinski definition) is 4. The molecule has 1 amide bonds. The third-order valence-electron chi connectivity index (χ3n) is 3.33. The Balaban J connectivity index is 1.56. The number of halogens is 3. The average molecular weight is 353 g/mol. The summed E-state index contributed by atoms with van der Waals surface area (Å²) in [5.41, 5.74) is 0.409. The van der Waals surface area contributed by atoms with Crippen molar-refractivity contribution in [2.24, 2.45) is 0 Å². The number of para-hydroxylation sites is 2. The standard InChI is InChI=1S/C17H14F3NO4/c18-17(19,20)10-24-12-7-5-11(6-8-12)21-16(22)15-9-23-13-3-1-2-4-14(13)25-15/h1-8,15H,9-10H2,(H,21,22). The van der Waals surface area contributed by atoms with Gasteiger partial charge in [-0.2, -0.15) is 13.2 Å². The number of carbonyl (C=O) groups excluding carboxylic acids is 1. The number of benzene rings is 2. The van der Waals surface area contributed by atoms with Crippen molar-refractivity contribution >= 4 is 11.6 Å². The first kappa shape index (κ1) is 16.9. The molecular formula is C17H14F3NO4. The van der Waals surface area contributed by atoms with E-state index in [9.17, 15) is 18.0 Å². The van der Waals surface area contributed by atoms with Crippen LogP contribution < -0.4 is 19.5 Å². The van der Waals surface area contributed by atoms with Crippen molar-refractivity contribution in [3.05, 3.63) is 48.5 Å². The predicted octanol–water partition coefficient (Wildman–Crippen LogP) is 3.41. The van der Waals surface area contributed by atoms with Crippen LogP contribution in [-0.4, -0.2) is 31.4 Å². The molecule has 0 bridgehead atoms. The second-order valence-corrected chi connectivity index (χ2v) is 5.28. The maximum absolute atomic E-state index is 12.2. The van der Waals surface area contributed by atoms with Crippen LogP contribution in [0.3, 0.4) is 0 Å². The molecular weight excluding hydrogens is 339 g/mol. The van der Waals surface area contributed by atoms with Crippen LogP contribution in [0.2, 0.25) is 0 Å². The fourth-order valence-corrected chi connectivity index (χ4v) is 2.17. The molecule has 1 unspecified atom stereocenters. The van der Waals surface area contributed by atoms with E-state index < -0.39 is 24.8 Å². The first-order chi connectivity index (χ1) is 11.9. The second-order valence-electron chi connectivity index (χ2n) is 5.28.